The first-order valence-corrected chi connectivity index (χ1v) is 12.9. The Kier molecular flexibility index (Phi) is 10.00. The van der Waals surface area contributed by atoms with Crippen molar-refractivity contribution in [2.24, 2.45) is 5.92 Å². The molecule has 0 saturated carbocycles. The number of benzene rings is 1. The number of carbonyl (C=O) groups is 5. The van der Waals surface area contributed by atoms with E-state index in [0.717, 1.165) is 5.56 Å². The Morgan fingerprint density at radius 3 is 2.35 bits per heavy atom. The number of nitrogens with one attached hydrogen (secondary N) is 2. The molecule has 1 aliphatic heterocycles. The van der Waals surface area contributed by atoms with Crippen LogP contribution >= 0.6 is 0 Å². The van der Waals surface area contributed by atoms with E-state index in [1.165, 1.54) is 6.07 Å². The summed E-state index contributed by atoms with van der Waals surface area (Å²) in [4.78, 5) is 66.3. The van der Waals surface area contributed by atoms with Crippen LogP contribution in [-0.2, 0) is 28.5 Å². The summed E-state index contributed by atoms with van der Waals surface area (Å²) < 4.78 is 10.8. The summed E-state index contributed by atoms with van der Waals surface area (Å²) in [5.74, 6) is -6.35. The number of hydrogen-bond acceptors (Lipinski definition) is 8. The minimum absolute atomic E-state index is 0.0622. The maximum absolute atomic E-state index is 13.3. The normalized spacial score (nSPS) is 18.4. The van der Waals surface area contributed by atoms with Crippen LogP contribution in [0.25, 0.3) is 11.3 Å². The summed E-state index contributed by atoms with van der Waals surface area (Å²) in [7, 11) is -1.56. The first-order chi connectivity index (χ1) is 18.9. The molecule has 2 aromatic rings. The number of carboxylic acids is 2. The highest BCUT2D eigenvalue weighted by Gasteiger charge is 2.54. The summed E-state index contributed by atoms with van der Waals surface area (Å²) in [5.41, 5.74) is -0.835. The number of aliphatic carboxylic acids is 2. The highest BCUT2D eigenvalue weighted by molar-refractivity contribution is 6.50. The summed E-state index contributed by atoms with van der Waals surface area (Å²) in [6.45, 7) is 5.35. The number of aromatic nitrogens is 1. The van der Waals surface area contributed by atoms with Crippen molar-refractivity contribution >= 4 is 36.8 Å². The van der Waals surface area contributed by atoms with Gasteiger partial charge in [0.15, 0.2) is 5.60 Å². The molecule has 1 saturated heterocycles. The number of carbonyl (C=O) groups excluding carboxylic acids is 3. The van der Waals surface area contributed by atoms with Crippen molar-refractivity contribution in [2.75, 3.05) is 0 Å². The maximum atomic E-state index is 13.3. The molecule has 0 aliphatic carbocycles. The summed E-state index contributed by atoms with van der Waals surface area (Å²) in [6.07, 6.45) is -1.36. The molecule has 40 heavy (non-hydrogen) atoms. The Morgan fingerprint density at radius 1 is 1.05 bits per heavy atom. The quantitative estimate of drug-likeness (QED) is 0.284. The third-order valence-electron chi connectivity index (χ3n) is 6.31. The van der Waals surface area contributed by atoms with Crippen molar-refractivity contribution in [2.45, 2.75) is 64.0 Å². The van der Waals surface area contributed by atoms with Crippen molar-refractivity contribution in [3.63, 3.8) is 0 Å². The lowest BCUT2D eigenvalue weighted by molar-refractivity contribution is -0.175. The van der Waals surface area contributed by atoms with Gasteiger partial charge in [-0.2, -0.15) is 0 Å². The number of amides is 2. The van der Waals surface area contributed by atoms with E-state index in [9.17, 15) is 34.2 Å². The Morgan fingerprint density at radius 2 is 1.75 bits per heavy atom. The van der Waals surface area contributed by atoms with Crippen LogP contribution in [0.1, 0.15) is 56.9 Å². The second-order valence-electron chi connectivity index (χ2n) is 9.98. The average Bonchev–Trinajstić information content (AvgIpc) is 2.90. The van der Waals surface area contributed by atoms with Crippen LogP contribution in [0, 0.1) is 5.92 Å². The summed E-state index contributed by atoms with van der Waals surface area (Å²) in [6, 6.07) is 13.3. The molecule has 1 aromatic carbocycles. The van der Waals surface area contributed by atoms with Gasteiger partial charge in [0.2, 0.25) is 5.91 Å². The van der Waals surface area contributed by atoms with Gasteiger partial charge in [-0.25, -0.2) is 9.78 Å². The monoisotopic (exact) mass is 553 g/mol. The second kappa shape index (κ2) is 13.2. The number of pyridine rings is 1. The Labute approximate surface area is 231 Å². The van der Waals surface area contributed by atoms with Crippen LogP contribution in [0.15, 0.2) is 48.5 Å². The number of hydrogen-bond donors (Lipinski definition) is 4. The van der Waals surface area contributed by atoms with Crippen molar-refractivity contribution < 1.29 is 43.5 Å². The SMILES string of the molecule is CCC(NC(=O)c1cccc(-c2ccccc2)n1)C(=O)N[C@@H](CC(C)C)B1OC(=O)CC(CC(=O)O)(C(=O)O)O1. The summed E-state index contributed by atoms with van der Waals surface area (Å²) >= 11 is 0. The molecule has 2 amide bonds. The molecule has 2 unspecified atom stereocenters. The fourth-order valence-electron chi connectivity index (χ4n) is 4.35. The fraction of sp³-hybridized carbons (Fsp3) is 0.407. The molecule has 12 nitrogen and oxygen atoms in total. The van der Waals surface area contributed by atoms with Crippen LogP contribution in [-0.4, -0.2) is 69.6 Å². The second-order valence-corrected chi connectivity index (χ2v) is 9.98. The third kappa shape index (κ3) is 7.66. The molecule has 2 heterocycles. The van der Waals surface area contributed by atoms with E-state index < -0.39 is 67.3 Å². The Hall–Kier alpha value is -4.26. The predicted molar refractivity (Wildman–Crippen MR) is 143 cm³/mol. The zero-order chi connectivity index (χ0) is 29.4. The van der Waals surface area contributed by atoms with Crippen molar-refractivity contribution in [1.29, 1.82) is 0 Å². The van der Waals surface area contributed by atoms with E-state index in [1.807, 2.05) is 44.2 Å². The van der Waals surface area contributed by atoms with Gasteiger partial charge in [-0.3, -0.25) is 19.2 Å². The molecule has 212 valence electrons. The minimum Gasteiger partial charge on any atom is -0.508 e. The van der Waals surface area contributed by atoms with Gasteiger partial charge in [-0.15, -0.1) is 0 Å². The molecule has 1 aromatic heterocycles. The standard InChI is InChI=1S/C27H32BN3O9/c1-4-18(30-25(36)20-12-8-11-19(29-20)17-9-6-5-7-10-17)24(35)31-21(13-16(2)3)28-39-23(34)15-27(40-28,26(37)38)14-22(32)33/h5-12,16,18,21H,4,13-15H2,1-3H3,(H,30,36)(H,31,35)(H,32,33)(H,37,38)/t18?,21-,27?/m0/s1. The zero-order valence-electron chi connectivity index (χ0n) is 22.5. The van der Waals surface area contributed by atoms with Crippen LogP contribution < -0.4 is 10.6 Å². The van der Waals surface area contributed by atoms with Crippen LogP contribution in [0.4, 0.5) is 0 Å². The predicted octanol–water partition coefficient (Wildman–Crippen LogP) is 2.08. The lowest BCUT2D eigenvalue weighted by atomic mass is 9.70. The lowest BCUT2D eigenvalue weighted by Crippen LogP contribution is -2.62. The van der Waals surface area contributed by atoms with Gasteiger partial charge in [-0.1, -0.05) is 57.2 Å². The number of carboxylic acid groups (broad SMARTS) is 2. The molecule has 0 bridgehead atoms. The molecule has 0 radical (unpaired) electrons. The van der Waals surface area contributed by atoms with E-state index in [1.54, 1.807) is 19.1 Å². The van der Waals surface area contributed by atoms with E-state index in [2.05, 4.69) is 15.6 Å². The molecule has 3 atom stereocenters. The largest absolute Gasteiger partial charge is 0.552 e. The van der Waals surface area contributed by atoms with Crippen LogP contribution in [0.3, 0.4) is 0 Å². The van der Waals surface area contributed by atoms with E-state index in [4.69, 9.17) is 9.31 Å². The number of nitrogens with zero attached hydrogens (tertiary/aromatic N) is 1. The molecular weight excluding hydrogens is 521 g/mol. The molecule has 3 rings (SSSR count). The van der Waals surface area contributed by atoms with Gasteiger partial charge in [0.1, 0.15) is 11.7 Å². The first kappa shape index (κ1) is 30.3. The molecular formula is C27H32BN3O9. The Bertz CT molecular complexity index is 1250. The topological polar surface area (TPSA) is 181 Å². The van der Waals surface area contributed by atoms with Crippen molar-refractivity contribution in [3.8, 4) is 11.3 Å². The third-order valence-corrected chi connectivity index (χ3v) is 6.31. The van der Waals surface area contributed by atoms with Gasteiger partial charge in [0, 0.05) is 5.56 Å². The van der Waals surface area contributed by atoms with Crippen LogP contribution in [0.5, 0.6) is 0 Å². The van der Waals surface area contributed by atoms with E-state index >= 15 is 0 Å². The molecule has 1 aliphatic rings. The highest BCUT2D eigenvalue weighted by atomic mass is 16.6. The molecule has 13 heteroatoms. The van der Waals surface area contributed by atoms with E-state index in [0.29, 0.717) is 5.69 Å². The zero-order valence-corrected chi connectivity index (χ0v) is 22.5. The smallest absolute Gasteiger partial charge is 0.508 e. The molecule has 0 spiro atoms. The van der Waals surface area contributed by atoms with Gasteiger partial charge < -0.3 is 30.2 Å². The highest BCUT2D eigenvalue weighted by Crippen LogP contribution is 2.30. The maximum Gasteiger partial charge on any atom is 0.552 e. The van der Waals surface area contributed by atoms with Crippen LogP contribution in [0.2, 0.25) is 0 Å². The van der Waals surface area contributed by atoms with Gasteiger partial charge in [0.05, 0.1) is 24.5 Å². The fourth-order valence-corrected chi connectivity index (χ4v) is 4.35. The summed E-state index contributed by atoms with van der Waals surface area (Å²) in [5, 5.41) is 24.3. The first-order valence-electron chi connectivity index (χ1n) is 12.9. The van der Waals surface area contributed by atoms with Crippen molar-refractivity contribution in [1.82, 2.24) is 15.6 Å². The van der Waals surface area contributed by atoms with E-state index in [-0.39, 0.29) is 24.5 Å². The average molecular weight is 553 g/mol. The Balaban J connectivity index is 1.77. The lowest BCUT2D eigenvalue weighted by Gasteiger charge is -2.38. The van der Waals surface area contributed by atoms with Gasteiger partial charge in [-0.05, 0) is 30.9 Å². The minimum atomic E-state index is -2.35. The van der Waals surface area contributed by atoms with Crippen molar-refractivity contribution in [3.05, 3.63) is 54.2 Å². The molecule has 1 fully saturated rings. The van der Waals surface area contributed by atoms with Gasteiger partial charge >= 0.3 is 19.1 Å². The molecule has 4 N–H and O–H groups in total. The number of rotatable bonds is 12. The van der Waals surface area contributed by atoms with Gasteiger partial charge in [0.25, 0.3) is 11.9 Å².